The van der Waals surface area contributed by atoms with Crippen LogP contribution in [0.1, 0.15) is 58.4 Å². The first-order valence-electron chi connectivity index (χ1n) is 10.9. The fourth-order valence-corrected chi connectivity index (χ4v) is 3.89. The van der Waals surface area contributed by atoms with Gasteiger partial charge in [-0.25, -0.2) is 0 Å². The van der Waals surface area contributed by atoms with Crippen LogP contribution < -0.4 is 10.7 Å². The number of rotatable bonds is 5. The van der Waals surface area contributed by atoms with Crippen LogP contribution in [0.5, 0.6) is 0 Å². The van der Waals surface area contributed by atoms with Crippen LogP contribution in [0.15, 0.2) is 78.9 Å². The molecule has 2 amide bonds. The van der Waals surface area contributed by atoms with Crippen molar-refractivity contribution in [3.63, 3.8) is 0 Å². The zero-order valence-electron chi connectivity index (χ0n) is 18.6. The van der Waals surface area contributed by atoms with Gasteiger partial charge in [0.15, 0.2) is 6.04 Å². The molecule has 1 aliphatic heterocycles. The lowest BCUT2D eigenvalue weighted by Gasteiger charge is -2.15. The van der Waals surface area contributed by atoms with Crippen molar-refractivity contribution in [2.75, 3.05) is 0 Å². The Morgan fingerprint density at radius 3 is 2.25 bits per heavy atom. The van der Waals surface area contributed by atoms with Crippen LogP contribution in [-0.2, 0) is 4.79 Å². The van der Waals surface area contributed by atoms with Crippen molar-refractivity contribution in [1.29, 1.82) is 0 Å². The van der Waals surface area contributed by atoms with E-state index in [0.717, 1.165) is 16.7 Å². The second-order valence-corrected chi connectivity index (χ2v) is 8.51. The van der Waals surface area contributed by atoms with E-state index < -0.39 is 6.04 Å². The average molecular weight is 427 g/mol. The fourth-order valence-electron chi connectivity index (χ4n) is 3.89. The molecule has 0 bridgehead atoms. The third-order valence-corrected chi connectivity index (χ3v) is 5.77. The molecule has 1 saturated heterocycles. The van der Waals surface area contributed by atoms with Crippen LogP contribution in [0.4, 0.5) is 0 Å². The molecule has 0 aliphatic carbocycles. The molecule has 0 saturated carbocycles. The molecule has 162 valence electrons. The molecule has 0 radical (unpaired) electrons. The number of amides is 2. The summed E-state index contributed by atoms with van der Waals surface area (Å²) in [5, 5.41) is 2.94. The quantitative estimate of drug-likeness (QED) is 0.603. The SMILES string of the molecule is Cc1ccc([C@@H]2[C@@H](NC(=O)c3ccccc3)C(=O)N/[N+]2=C\c2ccc(C(C)C)cc2)cc1. The van der Waals surface area contributed by atoms with Gasteiger partial charge >= 0.3 is 5.91 Å². The number of hydrogen-bond acceptors (Lipinski definition) is 2. The van der Waals surface area contributed by atoms with Crippen LogP contribution in [0, 0.1) is 6.92 Å². The number of nitrogens with zero attached hydrogens (tertiary/aromatic N) is 1. The van der Waals surface area contributed by atoms with E-state index in [1.54, 1.807) is 16.8 Å². The molecule has 2 N–H and O–H groups in total. The molecular weight excluding hydrogens is 398 g/mol. The van der Waals surface area contributed by atoms with Gasteiger partial charge in [-0.05, 0) is 42.7 Å². The highest BCUT2D eigenvalue weighted by molar-refractivity contribution is 5.98. The maximum Gasteiger partial charge on any atom is 0.304 e. The Morgan fingerprint density at radius 1 is 0.969 bits per heavy atom. The highest BCUT2D eigenvalue weighted by Gasteiger charge is 2.47. The summed E-state index contributed by atoms with van der Waals surface area (Å²) in [4.78, 5) is 25.8. The number of hydrogen-bond donors (Lipinski definition) is 2. The van der Waals surface area contributed by atoms with Gasteiger partial charge in [-0.1, -0.05) is 74.0 Å². The van der Waals surface area contributed by atoms with Gasteiger partial charge in [0.2, 0.25) is 12.3 Å². The topological polar surface area (TPSA) is 61.2 Å². The molecule has 2 atom stereocenters. The number of hydrazine groups is 1. The van der Waals surface area contributed by atoms with Crippen LogP contribution in [0.3, 0.4) is 0 Å². The summed E-state index contributed by atoms with van der Waals surface area (Å²) in [5.74, 6) is -0.0608. The summed E-state index contributed by atoms with van der Waals surface area (Å²) in [6.45, 7) is 6.34. The third-order valence-electron chi connectivity index (χ3n) is 5.77. The number of aryl methyl sites for hydroxylation is 1. The van der Waals surface area contributed by atoms with Gasteiger partial charge in [-0.3, -0.25) is 9.59 Å². The zero-order valence-corrected chi connectivity index (χ0v) is 18.6. The predicted octanol–water partition coefficient (Wildman–Crippen LogP) is 4.13. The number of carbonyl (C=O) groups excluding carboxylic acids is 2. The lowest BCUT2D eigenvalue weighted by atomic mass is 9.98. The van der Waals surface area contributed by atoms with Gasteiger partial charge in [0.25, 0.3) is 5.91 Å². The van der Waals surface area contributed by atoms with E-state index in [-0.39, 0.29) is 17.9 Å². The molecular formula is C27H28N3O2+. The average Bonchev–Trinajstić information content (AvgIpc) is 3.09. The Bertz CT molecular complexity index is 1130. The highest BCUT2D eigenvalue weighted by atomic mass is 16.2. The third kappa shape index (κ3) is 4.62. The molecule has 5 heteroatoms. The Kier molecular flexibility index (Phi) is 6.17. The summed E-state index contributed by atoms with van der Waals surface area (Å²) >= 11 is 0. The van der Waals surface area contributed by atoms with Crippen LogP contribution in [0.25, 0.3) is 0 Å². The minimum absolute atomic E-state index is 0.241. The lowest BCUT2D eigenvalue weighted by Crippen LogP contribution is -2.42. The normalized spacial score (nSPS) is 19.2. The van der Waals surface area contributed by atoms with Gasteiger partial charge in [0.1, 0.15) is 0 Å². The molecule has 1 aliphatic rings. The number of nitrogens with one attached hydrogen (secondary N) is 2. The van der Waals surface area contributed by atoms with Crippen molar-refractivity contribution >= 4 is 18.0 Å². The minimum Gasteiger partial charge on any atom is -0.334 e. The molecule has 0 unspecified atom stereocenters. The molecule has 5 nitrogen and oxygen atoms in total. The van der Waals surface area contributed by atoms with E-state index in [4.69, 9.17) is 0 Å². The Hall–Kier alpha value is -3.73. The molecule has 3 aromatic rings. The monoisotopic (exact) mass is 426 g/mol. The van der Waals surface area contributed by atoms with Crippen molar-refractivity contribution in [3.05, 3.63) is 107 Å². The van der Waals surface area contributed by atoms with Crippen LogP contribution >= 0.6 is 0 Å². The maximum absolute atomic E-state index is 12.9. The van der Waals surface area contributed by atoms with Crippen molar-refractivity contribution in [3.8, 4) is 0 Å². The van der Waals surface area contributed by atoms with E-state index >= 15 is 0 Å². The molecule has 0 spiro atoms. The summed E-state index contributed by atoms with van der Waals surface area (Å²) in [5.41, 5.74) is 7.77. The van der Waals surface area contributed by atoms with Crippen LogP contribution in [0.2, 0.25) is 0 Å². The molecule has 4 rings (SSSR count). The van der Waals surface area contributed by atoms with Gasteiger partial charge < -0.3 is 5.32 Å². The maximum atomic E-state index is 12.9. The van der Waals surface area contributed by atoms with E-state index in [9.17, 15) is 9.59 Å². The largest absolute Gasteiger partial charge is 0.334 e. The van der Waals surface area contributed by atoms with Gasteiger partial charge in [-0.2, -0.15) is 0 Å². The van der Waals surface area contributed by atoms with Crippen molar-refractivity contribution < 1.29 is 14.3 Å². The van der Waals surface area contributed by atoms with Gasteiger partial charge in [0.05, 0.1) is 0 Å². The van der Waals surface area contributed by atoms with E-state index in [1.165, 1.54) is 5.56 Å². The Morgan fingerprint density at radius 2 is 1.62 bits per heavy atom. The summed E-state index contributed by atoms with van der Waals surface area (Å²) in [7, 11) is 0. The standard InChI is InChI=1S/C27H27N3O2/c1-18(2)21-15-11-20(12-16-21)17-30-25(22-13-9-19(3)10-14-22)24(27(32)29-30)28-26(31)23-7-5-4-6-8-23/h4-18,24-25H,1-3H3,(H-,28,29,31,32)/p+1/b30-17-/t24-,25-/m1/s1. The number of hydrazone groups is 1. The number of benzene rings is 3. The first-order chi connectivity index (χ1) is 15.4. The summed E-state index contributed by atoms with van der Waals surface area (Å²) < 4.78 is 1.80. The summed E-state index contributed by atoms with van der Waals surface area (Å²) in [6, 6.07) is 24.2. The van der Waals surface area contributed by atoms with Crippen LogP contribution in [-0.4, -0.2) is 28.8 Å². The van der Waals surface area contributed by atoms with E-state index in [0.29, 0.717) is 11.5 Å². The first-order valence-corrected chi connectivity index (χ1v) is 10.9. The van der Waals surface area contributed by atoms with Crippen molar-refractivity contribution in [1.82, 2.24) is 10.7 Å². The van der Waals surface area contributed by atoms with Gasteiger partial charge in [-0.15, -0.1) is 10.1 Å². The van der Waals surface area contributed by atoms with Crippen molar-refractivity contribution in [2.45, 2.75) is 38.8 Å². The molecule has 0 aromatic heterocycles. The number of carbonyl (C=O) groups is 2. The lowest BCUT2D eigenvalue weighted by molar-refractivity contribution is -0.596. The first kappa shape index (κ1) is 21.5. The molecule has 32 heavy (non-hydrogen) atoms. The summed E-state index contributed by atoms with van der Waals surface area (Å²) in [6.07, 6.45) is 1.92. The second kappa shape index (κ2) is 9.18. The second-order valence-electron chi connectivity index (χ2n) is 8.51. The fraction of sp³-hybridized carbons (Fsp3) is 0.222. The molecule has 1 fully saturated rings. The predicted molar refractivity (Wildman–Crippen MR) is 126 cm³/mol. The van der Waals surface area contributed by atoms with Gasteiger partial charge in [0, 0.05) is 16.7 Å². The van der Waals surface area contributed by atoms with E-state index in [2.05, 4.69) is 36.7 Å². The smallest absolute Gasteiger partial charge is 0.304 e. The minimum atomic E-state index is -0.725. The molecule has 3 aromatic carbocycles. The Balaban J connectivity index is 1.69. The van der Waals surface area contributed by atoms with E-state index in [1.807, 2.05) is 67.7 Å². The zero-order chi connectivity index (χ0) is 22.7. The highest BCUT2D eigenvalue weighted by Crippen LogP contribution is 2.26. The van der Waals surface area contributed by atoms with Crippen molar-refractivity contribution in [2.24, 2.45) is 0 Å². The Labute approximate surface area is 188 Å². The molecule has 1 heterocycles.